The Kier molecular flexibility index (Phi) is 6.91. The molecule has 0 aliphatic rings. The van der Waals surface area contributed by atoms with E-state index in [1.54, 1.807) is 0 Å². The van der Waals surface area contributed by atoms with Crippen LogP contribution < -0.4 is 0 Å². The van der Waals surface area contributed by atoms with Crippen LogP contribution in [0, 0.1) is 0 Å². The maximum absolute atomic E-state index is 8.92. The number of rotatable bonds is 5. The van der Waals surface area contributed by atoms with E-state index in [9.17, 15) is 0 Å². The van der Waals surface area contributed by atoms with Gasteiger partial charge >= 0.3 is 0 Å². The van der Waals surface area contributed by atoms with Crippen LogP contribution in [-0.2, 0) is 0 Å². The van der Waals surface area contributed by atoms with E-state index in [4.69, 9.17) is 4.55 Å². The molecular weight excluding hydrogens is 168 g/mol. The minimum atomic E-state index is 0.803. The van der Waals surface area contributed by atoms with Crippen LogP contribution >= 0.6 is 12.0 Å². The smallest absolute Gasteiger partial charge is 0.0340 e. The van der Waals surface area contributed by atoms with Gasteiger partial charge in [-0.05, 0) is 25.3 Å². The minimum absolute atomic E-state index is 0.803. The molecule has 0 unspecified atom stereocenters. The quantitative estimate of drug-likeness (QED) is 0.396. The molecule has 0 heterocycles. The van der Waals surface area contributed by atoms with E-state index in [-0.39, 0.29) is 0 Å². The Balaban J connectivity index is 4.32. The second-order valence-electron chi connectivity index (χ2n) is 2.48. The fourth-order valence-electron chi connectivity index (χ4n) is 0.867. The number of allylic oxidation sites excluding steroid dienone is 4. The van der Waals surface area contributed by atoms with Crippen LogP contribution in [0.3, 0.4) is 0 Å². The van der Waals surface area contributed by atoms with Crippen LogP contribution in [-0.4, -0.2) is 4.55 Å². The molecule has 0 rings (SSSR count). The number of hydrogen-bond acceptors (Lipinski definition) is 2. The molecule has 0 aromatic rings. The average Bonchev–Trinajstić information content (AvgIpc) is 2.06. The van der Waals surface area contributed by atoms with Crippen molar-refractivity contribution in [1.29, 1.82) is 0 Å². The molecule has 0 aromatic carbocycles. The van der Waals surface area contributed by atoms with Crippen molar-refractivity contribution in [3.8, 4) is 0 Å². The Morgan fingerprint density at radius 3 is 2.58 bits per heavy atom. The largest absolute Gasteiger partial charge is 0.325 e. The first-order valence-corrected chi connectivity index (χ1v) is 4.83. The van der Waals surface area contributed by atoms with Crippen molar-refractivity contribution in [2.75, 3.05) is 0 Å². The molecule has 0 saturated heterocycles. The zero-order valence-corrected chi connectivity index (χ0v) is 8.53. The van der Waals surface area contributed by atoms with Crippen molar-refractivity contribution >= 4 is 12.0 Å². The van der Waals surface area contributed by atoms with Gasteiger partial charge in [0, 0.05) is 16.9 Å². The lowest BCUT2D eigenvalue weighted by Gasteiger charge is -2.01. The van der Waals surface area contributed by atoms with Crippen LogP contribution in [0.25, 0.3) is 0 Å². The summed E-state index contributed by atoms with van der Waals surface area (Å²) in [4.78, 5) is 0.928. The summed E-state index contributed by atoms with van der Waals surface area (Å²) in [5.41, 5.74) is 1.13. The second kappa shape index (κ2) is 7.19. The van der Waals surface area contributed by atoms with Gasteiger partial charge in [0.1, 0.15) is 0 Å². The predicted molar refractivity (Wildman–Crippen MR) is 57.2 cm³/mol. The first-order chi connectivity index (χ1) is 5.76. The Morgan fingerprint density at radius 1 is 1.50 bits per heavy atom. The summed E-state index contributed by atoms with van der Waals surface area (Å²) in [6.45, 7) is 7.70. The highest BCUT2D eigenvalue weighted by molar-refractivity contribution is 7.97. The van der Waals surface area contributed by atoms with E-state index < -0.39 is 0 Å². The summed E-state index contributed by atoms with van der Waals surface area (Å²) in [5.74, 6) is 0. The monoisotopic (exact) mass is 184 g/mol. The van der Waals surface area contributed by atoms with Crippen LogP contribution in [0.4, 0.5) is 0 Å². The fraction of sp³-hybridized carbons (Fsp3) is 0.400. The highest BCUT2D eigenvalue weighted by Gasteiger charge is 1.97. The van der Waals surface area contributed by atoms with Crippen molar-refractivity contribution < 1.29 is 4.55 Å². The lowest BCUT2D eigenvalue weighted by Crippen LogP contribution is -1.79. The molecule has 1 N–H and O–H groups in total. The molecule has 0 bridgehead atoms. The van der Waals surface area contributed by atoms with Crippen LogP contribution in [0.15, 0.2) is 35.3 Å². The van der Waals surface area contributed by atoms with Gasteiger partial charge in [0.25, 0.3) is 0 Å². The summed E-state index contributed by atoms with van der Waals surface area (Å²) < 4.78 is 8.92. The summed E-state index contributed by atoms with van der Waals surface area (Å²) >= 11 is 0.803. The first kappa shape index (κ1) is 11.5. The molecule has 0 fully saturated rings. The van der Waals surface area contributed by atoms with E-state index in [0.29, 0.717) is 0 Å². The molecular formula is C10H16OS. The zero-order valence-electron chi connectivity index (χ0n) is 7.71. The van der Waals surface area contributed by atoms with Gasteiger partial charge < -0.3 is 4.55 Å². The molecule has 0 atom stereocenters. The first-order valence-electron chi connectivity index (χ1n) is 4.05. The Morgan fingerprint density at radius 2 is 2.17 bits per heavy atom. The predicted octanol–water partition coefficient (Wildman–Crippen LogP) is 4.01. The molecule has 0 saturated carbocycles. The van der Waals surface area contributed by atoms with Gasteiger partial charge in [0.2, 0.25) is 0 Å². The van der Waals surface area contributed by atoms with Crippen molar-refractivity contribution in [2.45, 2.75) is 26.7 Å². The van der Waals surface area contributed by atoms with Gasteiger partial charge in [-0.3, -0.25) is 0 Å². The van der Waals surface area contributed by atoms with Crippen molar-refractivity contribution in [2.24, 2.45) is 0 Å². The molecule has 1 nitrogen and oxygen atoms in total. The van der Waals surface area contributed by atoms with E-state index in [1.807, 2.05) is 19.1 Å². The summed E-state index contributed by atoms with van der Waals surface area (Å²) in [6.07, 6.45) is 7.68. The average molecular weight is 184 g/mol. The Bertz CT molecular complexity index is 192. The van der Waals surface area contributed by atoms with Crippen LogP contribution in [0.1, 0.15) is 26.7 Å². The molecule has 12 heavy (non-hydrogen) atoms. The third-order valence-corrected chi connectivity index (χ3v) is 2.15. The van der Waals surface area contributed by atoms with Gasteiger partial charge in [0.05, 0.1) is 0 Å². The highest BCUT2D eigenvalue weighted by atomic mass is 32.2. The Hall–Kier alpha value is -0.470. The number of hydrogen-bond donors (Lipinski definition) is 1. The summed E-state index contributed by atoms with van der Waals surface area (Å²) in [6, 6.07) is 0. The van der Waals surface area contributed by atoms with Gasteiger partial charge in [-0.2, -0.15) is 0 Å². The molecule has 0 aliphatic heterocycles. The van der Waals surface area contributed by atoms with Crippen molar-refractivity contribution in [3.05, 3.63) is 35.3 Å². The zero-order chi connectivity index (χ0) is 9.40. The lowest BCUT2D eigenvalue weighted by atomic mass is 10.2. The highest BCUT2D eigenvalue weighted by Crippen LogP contribution is 2.21. The third-order valence-electron chi connectivity index (χ3n) is 1.47. The Labute approximate surface area is 79.1 Å². The van der Waals surface area contributed by atoms with E-state index in [1.165, 1.54) is 0 Å². The third kappa shape index (κ3) is 4.42. The lowest BCUT2D eigenvalue weighted by molar-refractivity contribution is 0.669. The fourth-order valence-corrected chi connectivity index (χ4v) is 1.27. The molecule has 0 aromatic heterocycles. The van der Waals surface area contributed by atoms with Crippen LogP contribution in [0.2, 0.25) is 0 Å². The summed E-state index contributed by atoms with van der Waals surface area (Å²) in [5, 5.41) is 0. The molecule has 68 valence electrons. The van der Waals surface area contributed by atoms with Gasteiger partial charge in [-0.15, -0.1) is 6.58 Å². The maximum Gasteiger partial charge on any atom is 0.0340 e. The molecule has 0 amide bonds. The summed E-state index contributed by atoms with van der Waals surface area (Å²) in [7, 11) is 0. The van der Waals surface area contributed by atoms with Gasteiger partial charge in [0.15, 0.2) is 0 Å². The van der Waals surface area contributed by atoms with Gasteiger partial charge in [-0.1, -0.05) is 25.2 Å². The van der Waals surface area contributed by atoms with E-state index in [0.717, 1.165) is 35.4 Å². The minimum Gasteiger partial charge on any atom is -0.325 e. The maximum atomic E-state index is 8.92. The molecule has 0 radical (unpaired) electrons. The van der Waals surface area contributed by atoms with Crippen molar-refractivity contribution in [3.63, 3.8) is 0 Å². The standard InChI is InChI=1S/C10H16OS/c1-4-6-8-10(12-11)9(3)7-5-2/h4,7-8,11H,1,5-6H2,2-3H3/b9-7?,10-8+. The van der Waals surface area contributed by atoms with Crippen LogP contribution in [0.5, 0.6) is 0 Å². The topological polar surface area (TPSA) is 20.2 Å². The SMILES string of the molecule is C=CC/C=C(/SO)C(C)=CCC. The van der Waals surface area contributed by atoms with Gasteiger partial charge in [-0.25, -0.2) is 0 Å². The molecule has 0 aliphatic carbocycles. The normalized spacial score (nSPS) is 13.2. The second-order valence-corrected chi connectivity index (χ2v) is 3.10. The van der Waals surface area contributed by atoms with Crippen molar-refractivity contribution in [1.82, 2.24) is 0 Å². The van der Waals surface area contributed by atoms with E-state index >= 15 is 0 Å². The molecule has 0 spiro atoms. The van der Waals surface area contributed by atoms with E-state index in [2.05, 4.69) is 19.6 Å². The molecule has 2 heteroatoms.